The maximum absolute atomic E-state index is 14.0. The van der Waals surface area contributed by atoms with Crippen LogP contribution in [0, 0.1) is 0 Å². The standard InChI is InChI=1S/C50H54N10O6S2.CH2O2/c1-50(2,3)68(64,65)46-27-36-37(55-33-8-9-45-39(26-33)54-31-67-45)10-17-51-38(36)28-44(46)66-25-5-18-57-19-11-32(12-20-57)40-29-53-41(30-52-40)48(62)58-21-13-34(14-22-58)59-23-15-35-42(59)6-4-7-43(35)60-24-16-47(61)56-49(60)63;2-1-3/h4,6-10,15,17,23,26-32,34H,5,11-14,16,18-22,24-25H2,1-3H3,(H,51,55)(H,56,61,63);1H,(H,2,3). The lowest BCUT2D eigenvalue weighted by molar-refractivity contribution is -0.123. The number of sulfone groups is 1. The van der Waals surface area contributed by atoms with Gasteiger partial charge >= 0.3 is 6.03 Å². The molecule has 10 rings (SSSR count). The molecule has 3 fully saturated rings. The topological polar surface area (TPSA) is 222 Å². The summed E-state index contributed by atoms with van der Waals surface area (Å²) in [6.45, 7) is 9.28. The van der Waals surface area contributed by atoms with E-state index < -0.39 is 20.6 Å². The third-order valence-corrected chi connectivity index (χ3v) is 16.8. The van der Waals surface area contributed by atoms with Gasteiger partial charge in [0.2, 0.25) is 5.91 Å². The molecule has 0 saturated carbocycles. The second-order valence-electron chi connectivity index (χ2n) is 18.9. The number of anilines is 3. The molecule has 0 unspecified atom stereocenters. The van der Waals surface area contributed by atoms with Crippen LogP contribution in [0.1, 0.15) is 87.4 Å². The predicted molar refractivity (Wildman–Crippen MR) is 272 cm³/mol. The van der Waals surface area contributed by atoms with Gasteiger partial charge < -0.3 is 29.5 Å². The highest BCUT2D eigenvalue weighted by molar-refractivity contribution is 7.92. The number of benzene rings is 3. The first kappa shape index (κ1) is 49.0. The lowest BCUT2D eigenvalue weighted by atomic mass is 9.93. The third kappa shape index (κ3) is 10.4. The molecule has 71 heavy (non-hydrogen) atoms. The molecule has 3 N–H and O–H groups in total. The average molecular weight is 1000 g/mol. The van der Waals surface area contributed by atoms with Gasteiger partial charge in [-0.3, -0.25) is 34.6 Å². The maximum Gasteiger partial charge on any atom is 0.328 e. The summed E-state index contributed by atoms with van der Waals surface area (Å²) in [5.74, 6) is 0.168. The van der Waals surface area contributed by atoms with E-state index in [-0.39, 0.29) is 41.6 Å². The summed E-state index contributed by atoms with van der Waals surface area (Å²) in [6, 6.07) is 19.0. The van der Waals surface area contributed by atoms with Crippen LogP contribution in [0.5, 0.6) is 5.75 Å². The normalized spacial score (nSPS) is 16.5. The van der Waals surface area contributed by atoms with E-state index in [9.17, 15) is 22.8 Å². The predicted octanol–water partition coefficient (Wildman–Crippen LogP) is 8.18. The lowest BCUT2D eigenvalue weighted by Crippen LogP contribution is -2.49. The van der Waals surface area contributed by atoms with Crippen LogP contribution >= 0.6 is 11.3 Å². The third-order valence-electron chi connectivity index (χ3n) is 13.5. The number of carboxylic acid groups (broad SMARTS) is 1. The number of fused-ring (bicyclic) bond motifs is 3. The van der Waals surface area contributed by atoms with E-state index in [4.69, 9.17) is 19.6 Å². The number of rotatable bonds is 12. The summed E-state index contributed by atoms with van der Waals surface area (Å²) < 4.78 is 36.6. The van der Waals surface area contributed by atoms with Crippen LogP contribution in [-0.4, -0.2) is 123 Å². The maximum atomic E-state index is 14.0. The molecule has 0 bridgehead atoms. The molecule has 0 aliphatic carbocycles. The number of likely N-dealkylation sites (tertiary alicyclic amines) is 2. The smallest absolute Gasteiger partial charge is 0.328 e. The molecule has 370 valence electrons. The molecule has 18 nitrogen and oxygen atoms in total. The fourth-order valence-corrected chi connectivity index (χ4v) is 11.6. The number of thiazole rings is 1. The molecule has 3 saturated heterocycles. The van der Waals surface area contributed by atoms with E-state index in [0.29, 0.717) is 55.0 Å². The van der Waals surface area contributed by atoms with Gasteiger partial charge in [-0.2, -0.15) is 0 Å². The molecule has 3 aliphatic heterocycles. The van der Waals surface area contributed by atoms with Crippen LogP contribution in [0.25, 0.3) is 32.0 Å². The van der Waals surface area contributed by atoms with E-state index >= 15 is 0 Å². The van der Waals surface area contributed by atoms with Crippen LogP contribution < -0.4 is 20.3 Å². The number of imide groups is 1. The highest BCUT2D eigenvalue weighted by atomic mass is 32.2. The number of carbonyl (C=O) groups is 4. The van der Waals surface area contributed by atoms with Crippen LogP contribution in [-0.2, 0) is 19.4 Å². The van der Waals surface area contributed by atoms with E-state index in [1.165, 1.54) is 0 Å². The molecule has 4 aromatic heterocycles. The minimum absolute atomic E-state index is 0.115. The van der Waals surface area contributed by atoms with Gasteiger partial charge in [-0.15, -0.1) is 11.3 Å². The fraction of sp³-hybridized carbons (Fsp3) is 0.373. The van der Waals surface area contributed by atoms with Crippen LogP contribution in [0.3, 0.4) is 0 Å². The Morgan fingerprint density at radius 1 is 0.915 bits per heavy atom. The Kier molecular flexibility index (Phi) is 14.3. The Hall–Kier alpha value is -7.03. The molecule has 4 amide bonds. The van der Waals surface area contributed by atoms with Crippen molar-refractivity contribution < 1.29 is 37.4 Å². The number of ether oxygens (including phenoxy) is 1. The number of urea groups is 1. The highest BCUT2D eigenvalue weighted by Crippen LogP contribution is 2.39. The first-order valence-corrected chi connectivity index (χ1v) is 26.1. The summed E-state index contributed by atoms with van der Waals surface area (Å²) in [6.07, 6.45) is 11.5. The van der Waals surface area contributed by atoms with Gasteiger partial charge in [0.15, 0.2) is 9.84 Å². The number of pyridine rings is 1. The number of aromatic nitrogens is 5. The number of piperidine rings is 2. The Balaban J connectivity index is 0.00000203. The van der Waals surface area contributed by atoms with E-state index in [1.807, 2.05) is 58.9 Å². The Morgan fingerprint density at radius 3 is 2.44 bits per heavy atom. The minimum Gasteiger partial charge on any atom is -0.492 e. The summed E-state index contributed by atoms with van der Waals surface area (Å²) >= 11 is 1.58. The van der Waals surface area contributed by atoms with Crippen molar-refractivity contribution in [3.8, 4) is 5.75 Å². The quantitative estimate of drug-likeness (QED) is 0.0776. The minimum atomic E-state index is -3.78. The van der Waals surface area contributed by atoms with Crippen LogP contribution in [0.4, 0.5) is 21.9 Å². The first-order valence-electron chi connectivity index (χ1n) is 23.7. The molecular formula is C51H56N10O8S2. The van der Waals surface area contributed by atoms with Crippen molar-refractivity contribution in [3.05, 3.63) is 102 Å². The summed E-state index contributed by atoms with van der Waals surface area (Å²) in [5, 5.41) is 14.4. The van der Waals surface area contributed by atoms with E-state index in [0.717, 1.165) is 89.2 Å². The molecule has 0 atom stereocenters. The lowest BCUT2D eigenvalue weighted by Gasteiger charge is -2.33. The number of hydrogen-bond acceptors (Lipinski definition) is 14. The zero-order valence-corrected chi connectivity index (χ0v) is 41.4. The number of hydrogen-bond donors (Lipinski definition) is 3. The largest absolute Gasteiger partial charge is 0.492 e. The molecule has 3 aliphatic rings. The number of nitrogens with zero attached hydrogens (tertiary/aromatic N) is 8. The Bertz CT molecular complexity index is 3210. The molecule has 7 heterocycles. The second-order valence-corrected chi connectivity index (χ2v) is 22.5. The van der Waals surface area contributed by atoms with Crippen molar-refractivity contribution in [2.45, 2.75) is 80.9 Å². The summed E-state index contributed by atoms with van der Waals surface area (Å²) in [5.41, 5.74) is 7.95. The molecular weight excluding hydrogens is 945 g/mol. The van der Waals surface area contributed by atoms with Gasteiger partial charge in [0.05, 0.1) is 55.7 Å². The Labute approximate surface area is 415 Å². The number of nitrogens with one attached hydrogen (secondary N) is 2. The van der Waals surface area contributed by atoms with Crippen molar-refractivity contribution in [2.24, 2.45) is 0 Å². The van der Waals surface area contributed by atoms with Crippen molar-refractivity contribution in [1.29, 1.82) is 0 Å². The van der Waals surface area contributed by atoms with E-state index in [1.54, 1.807) is 67.7 Å². The number of amides is 4. The van der Waals surface area contributed by atoms with Gasteiger partial charge in [-0.25, -0.2) is 23.2 Å². The van der Waals surface area contributed by atoms with Crippen LogP contribution in [0.2, 0.25) is 0 Å². The molecule has 3 aromatic carbocycles. The van der Waals surface area contributed by atoms with Gasteiger partial charge in [0, 0.05) is 91.4 Å². The monoisotopic (exact) mass is 1000 g/mol. The summed E-state index contributed by atoms with van der Waals surface area (Å²) in [4.78, 5) is 70.7. The zero-order chi connectivity index (χ0) is 49.9. The first-order chi connectivity index (χ1) is 34.2. The zero-order valence-electron chi connectivity index (χ0n) is 39.8. The van der Waals surface area contributed by atoms with Crippen LogP contribution in [0.15, 0.2) is 95.9 Å². The van der Waals surface area contributed by atoms with Crippen molar-refractivity contribution in [3.63, 3.8) is 0 Å². The number of carbonyl (C=O) groups excluding carboxylic acids is 3. The summed E-state index contributed by atoms with van der Waals surface area (Å²) in [7, 11) is -3.78. The van der Waals surface area contributed by atoms with Gasteiger partial charge in [0.1, 0.15) is 16.3 Å². The molecule has 0 spiro atoms. The van der Waals surface area contributed by atoms with Crippen molar-refractivity contribution in [1.82, 2.24) is 39.6 Å². The van der Waals surface area contributed by atoms with E-state index in [2.05, 4.69) is 41.2 Å². The fourth-order valence-electron chi connectivity index (χ4n) is 9.62. The molecule has 20 heteroatoms. The molecule has 7 aromatic rings. The van der Waals surface area contributed by atoms with Crippen molar-refractivity contribution in [2.75, 3.05) is 56.1 Å². The Morgan fingerprint density at radius 2 is 1.70 bits per heavy atom. The average Bonchev–Trinajstić information content (AvgIpc) is 4.03. The highest BCUT2D eigenvalue weighted by Gasteiger charge is 2.35. The second kappa shape index (κ2) is 20.7. The molecule has 0 radical (unpaired) electrons. The van der Waals surface area contributed by atoms with Gasteiger partial charge in [-0.05, 0) is 114 Å². The van der Waals surface area contributed by atoms with Gasteiger partial charge in [0.25, 0.3) is 12.4 Å². The van der Waals surface area contributed by atoms with Crippen molar-refractivity contribution >= 4 is 94.6 Å². The van der Waals surface area contributed by atoms with Gasteiger partial charge in [-0.1, -0.05) is 6.07 Å². The SMILES string of the molecule is CC(C)(C)S(=O)(=O)c1cc2c(Nc3ccc4scnc4c3)ccnc2cc1OCCCN1CCC(c2cnc(C(=O)N3CCC(n4ccc5c(N6CCC(=O)NC6=O)cccc54)CC3)cn2)CC1.O=CO.